The molecule has 0 bridgehead atoms. The smallest absolute Gasteiger partial charge is 0.334 e. The molecule has 2 N–H and O–H groups in total. The Morgan fingerprint density at radius 3 is 2.62 bits per heavy atom. The maximum Gasteiger partial charge on any atom is 0.334 e. The molecule has 2 rings (SSSR count). The monoisotopic (exact) mass is 301 g/mol. The zero-order chi connectivity index (χ0) is 15.2. The van der Waals surface area contributed by atoms with Crippen LogP contribution in [0.3, 0.4) is 0 Å². The quantitative estimate of drug-likeness (QED) is 0.687. The standard InChI is InChI=1S/C13H23N3O5/c17-8-6-14-2-1-3-15(5-4-14)13(20)16-7-9-21-11(10-16)12(18)19/h11,17H,1-10H2,(H,18,19). The Bertz CT molecular complexity index is 379. The number of carboxylic acids is 1. The summed E-state index contributed by atoms with van der Waals surface area (Å²) in [6.07, 6.45) is -0.0705. The summed E-state index contributed by atoms with van der Waals surface area (Å²) in [5, 5.41) is 18.0. The van der Waals surface area contributed by atoms with Crippen LogP contribution in [-0.2, 0) is 9.53 Å². The number of carboxylic acid groups (broad SMARTS) is 1. The van der Waals surface area contributed by atoms with Gasteiger partial charge in [-0.05, 0) is 13.0 Å². The molecule has 0 saturated carbocycles. The Labute approximate surface area is 123 Å². The summed E-state index contributed by atoms with van der Waals surface area (Å²) in [6.45, 7) is 4.41. The van der Waals surface area contributed by atoms with Gasteiger partial charge in [0.15, 0.2) is 6.10 Å². The molecule has 0 spiro atoms. The van der Waals surface area contributed by atoms with Crippen LogP contribution in [0.15, 0.2) is 0 Å². The molecular weight excluding hydrogens is 278 g/mol. The van der Waals surface area contributed by atoms with Gasteiger partial charge >= 0.3 is 12.0 Å². The first-order valence-electron chi connectivity index (χ1n) is 7.33. The molecule has 0 aromatic heterocycles. The van der Waals surface area contributed by atoms with Crippen molar-refractivity contribution in [2.24, 2.45) is 0 Å². The van der Waals surface area contributed by atoms with Gasteiger partial charge in [0.2, 0.25) is 0 Å². The van der Waals surface area contributed by atoms with E-state index < -0.39 is 12.1 Å². The van der Waals surface area contributed by atoms with Gasteiger partial charge in [-0.1, -0.05) is 0 Å². The number of aliphatic hydroxyl groups excluding tert-OH is 1. The van der Waals surface area contributed by atoms with Crippen LogP contribution in [0.5, 0.6) is 0 Å². The van der Waals surface area contributed by atoms with Crippen LogP contribution in [0.25, 0.3) is 0 Å². The van der Waals surface area contributed by atoms with Crippen LogP contribution in [-0.4, -0.2) is 102 Å². The minimum Gasteiger partial charge on any atom is -0.479 e. The molecule has 21 heavy (non-hydrogen) atoms. The normalized spacial score (nSPS) is 24.7. The second-order valence-corrected chi connectivity index (χ2v) is 5.33. The number of ether oxygens (including phenoxy) is 1. The number of aliphatic hydroxyl groups is 1. The Balaban J connectivity index is 1.88. The van der Waals surface area contributed by atoms with E-state index in [0.717, 1.165) is 19.5 Å². The number of aliphatic carboxylic acids is 1. The molecule has 2 fully saturated rings. The fourth-order valence-corrected chi connectivity index (χ4v) is 2.70. The minimum absolute atomic E-state index is 0.102. The molecule has 8 heteroatoms. The maximum atomic E-state index is 12.5. The van der Waals surface area contributed by atoms with Crippen LogP contribution in [0.4, 0.5) is 4.79 Å². The van der Waals surface area contributed by atoms with Gasteiger partial charge in [-0.25, -0.2) is 9.59 Å². The van der Waals surface area contributed by atoms with Crippen LogP contribution < -0.4 is 0 Å². The molecule has 120 valence electrons. The summed E-state index contributed by atoms with van der Waals surface area (Å²) >= 11 is 0. The van der Waals surface area contributed by atoms with Gasteiger partial charge in [0.05, 0.1) is 19.8 Å². The zero-order valence-corrected chi connectivity index (χ0v) is 12.1. The SMILES string of the molecule is O=C(O)C1CN(C(=O)N2CCCN(CCO)CC2)CCO1. The Morgan fingerprint density at radius 1 is 1.10 bits per heavy atom. The van der Waals surface area contributed by atoms with E-state index in [0.29, 0.717) is 26.2 Å². The number of hydrogen-bond acceptors (Lipinski definition) is 5. The summed E-state index contributed by atoms with van der Waals surface area (Å²) in [6, 6.07) is -0.115. The summed E-state index contributed by atoms with van der Waals surface area (Å²) in [4.78, 5) is 28.9. The van der Waals surface area contributed by atoms with Crippen molar-refractivity contribution in [2.75, 3.05) is 59.0 Å². The molecule has 2 aliphatic rings. The van der Waals surface area contributed by atoms with Gasteiger partial charge in [0, 0.05) is 32.7 Å². The number of carbonyl (C=O) groups is 2. The maximum absolute atomic E-state index is 12.5. The molecule has 2 heterocycles. The lowest BCUT2D eigenvalue weighted by Gasteiger charge is -2.34. The van der Waals surface area contributed by atoms with Crippen molar-refractivity contribution in [3.8, 4) is 0 Å². The number of β-amino-alcohol motifs (C(OH)–C–C–N with tert-alkyl or cyclic N) is 1. The highest BCUT2D eigenvalue weighted by Gasteiger charge is 2.31. The van der Waals surface area contributed by atoms with Crippen molar-refractivity contribution in [1.29, 1.82) is 0 Å². The largest absolute Gasteiger partial charge is 0.479 e. The van der Waals surface area contributed by atoms with E-state index in [1.807, 2.05) is 0 Å². The molecule has 0 aromatic rings. The van der Waals surface area contributed by atoms with E-state index in [9.17, 15) is 9.59 Å². The second kappa shape index (κ2) is 7.58. The summed E-state index contributed by atoms with van der Waals surface area (Å²) < 4.78 is 5.13. The van der Waals surface area contributed by atoms with Gasteiger partial charge in [-0.15, -0.1) is 0 Å². The highest BCUT2D eigenvalue weighted by Crippen LogP contribution is 2.11. The third-order valence-electron chi connectivity index (χ3n) is 3.89. The van der Waals surface area contributed by atoms with Crippen molar-refractivity contribution in [1.82, 2.24) is 14.7 Å². The molecule has 1 unspecified atom stereocenters. The number of urea groups is 1. The molecule has 8 nitrogen and oxygen atoms in total. The summed E-state index contributed by atoms with van der Waals surface area (Å²) in [5.41, 5.74) is 0. The van der Waals surface area contributed by atoms with Crippen LogP contribution in [0.2, 0.25) is 0 Å². The van der Waals surface area contributed by atoms with E-state index in [1.54, 1.807) is 9.80 Å². The lowest BCUT2D eigenvalue weighted by molar-refractivity contribution is -0.154. The first kappa shape index (κ1) is 16.0. The molecule has 0 aliphatic carbocycles. The lowest BCUT2D eigenvalue weighted by Crippen LogP contribution is -2.53. The third kappa shape index (κ3) is 4.29. The second-order valence-electron chi connectivity index (χ2n) is 5.33. The number of rotatable bonds is 3. The Morgan fingerprint density at radius 2 is 1.90 bits per heavy atom. The molecule has 0 radical (unpaired) electrons. The topological polar surface area (TPSA) is 93.6 Å². The van der Waals surface area contributed by atoms with Crippen LogP contribution >= 0.6 is 0 Å². The van der Waals surface area contributed by atoms with Crippen LogP contribution in [0, 0.1) is 0 Å². The van der Waals surface area contributed by atoms with E-state index in [-0.39, 0.29) is 25.8 Å². The van der Waals surface area contributed by atoms with E-state index in [2.05, 4.69) is 4.90 Å². The van der Waals surface area contributed by atoms with Crippen molar-refractivity contribution in [3.05, 3.63) is 0 Å². The number of hydrogen-bond donors (Lipinski definition) is 2. The number of nitrogens with zero attached hydrogens (tertiary/aromatic N) is 3. The van der Waals surface area contributed by atoms with E-state index in [4.69, 9.17) is 14.9 Å². The average Bonchev–Trinajstić information content (AvgIpc) is 2.73. The number of amides is 2. The molecule has 2 saturated heterocycles. The van der Waals surface area contributed by atoms with E-state index >= 15 is 0 Å². The van der Waals surface area contributed by atoms with Gasteiger partial charge in [0.1, 0.15) is 0 Å². The highest BCUT2D eigenvalue weighted by atomic mass is 16.5. The fourth-order valence-electron chi connectivity index (χ4n) is 2.70. The molecular formula is C13H23N3O5. The Kier molecular flexibility index (Phi) is 5.77. The van der Waals surface area contributed by atoms with Gasteiger partial charge < -0.3 is 24.7 Å². The van der Waals surface area contributed by atoms with Crippen molar-refractivity contribution >= 4 is 12.0 Å². The summed E-state index contributed by atoms with van der Waals surface area (Å²) in [7, 11) is 0. The van der Waals surface area contributed by atoms with Crippen molar-refractivity contribution in [3.63, 3.8) is 0 Å². The predicted octanol–water partition coefficient (Wildman–Crippen LogP) is -1.11. The average molecular weight is 301 g/mol. The molecule has 0 aromatic carbocycles. The van der Waals surface area contributed by atoms with Gasteiger partial charge in [-0.3, -0.25) is 4.90 Å². The van der Waals surface area contributed by atoms with Crippen molar-refractivity contribution < 1.29 is 24.5 Å². The molecule has 2 amide bonds. The number of carbonyl (C=O) groups excluding carboxylic acids is 1. The van der Waals surface area contributed by atoms with Crippen molar-refractivity contribution in [2.45, 2.75) is 12.5 Å². The zero-order valence-electron chi connectivity index (χ0n) is 12.1. The third-order valence-corrected chi connectivity index (χ3v) is 3.89. The molecule has 2 aliphatic heterocycles. The van der Waals surface area contributed by atoms with E-state index in [1.165, 1.54) is 0 Å². The number of morpholine rings is 1. The Hall–Kier alpha value is -1.38. The lowest BCUT2D eigenvalue weighted by atomic mass is 10.3. The first-order chi connectivity index (χ1) is 10.1. The van der Waals surface area contributed by atoms with Gasteiger partial charge in [0.25, 0.3) is 0 Å². The molecule has 1 atom stereocenters. The minimum atomic E-state index is -1.03. The van der Waals surface area contributed by atoms with Gasteiger partial charge in [-0.2, -0.15) is 0 Å². The first-order valence-corrected chi connectivity index (χ1v) is 7.33. The fraction of sp³-hybridized carbons (Fsp3) is 0.846. The highest BCUT2D eigenvalue weighted by molar-refractivity contribution is 5.77. The summed E-state index contributed by atoms with van der Waals surface area (Å²) in [5.74, 6) is -1.03. The predicted molar refractivity (Wildman–Crippen MR) is 74.1 cm³/mol. The van der Waals surface area contributed by atoms with Crippen LogP contribution in [0.1, 0.15) is 6.42 Å².